The van der Waals surface area contributed by atoms with Gasteiger partial charge in [-0.1, -0.05) is 12.2 Å². The largest absolute Gasteiger partial charge is 0.611 e. The molecule has 0 amide bonds. The van der Waals surface area contributed by atoms with Crippen LogP contribution < -0.4 is 4.74 Å². The van der Waals surface area contributed by atoms with Gasteiger partial charge in [0, 0.05) is 6.08 Å². The lowest BCUT2D eigenvalue weighted by Crippen LogP contribution is -2.04. The first kappa shape index (κ1) is 12.9. The van der Waals surface area contributed by atoms with Crippen LogP contribution in [0.5, 0.6) is 5.75 Å². The first-order valence-electron chi connectivity index (χ1n) is 4.96. The normalized spacial score (nSPS) is 12.6. The molecule has 1 atom stereocenters. The highest BCUT2D eigenvalue weighted by atomic mass is 32.2. The van der Waals surface area contributed by atoms with E-state index in [2.05, 4.69) is 12.7 Å². The maximum absolute atomic E-state index is 11.8. The highest BCUT2D eigenvalue weighted by Crippen LogP contribution is 2.16. The summed E-state index contributed by atoms with van der Waals surface area (Å²) in [6.07, 6.45) is 7.37. The fourth-order valence-electron chi connectivity index (χ4n) is 1.11. The van der Waals surface area contributed by atoms with Crippen LogP contribution in [-0.2, 0) is 11.2 Å². The van der Waals surface area contributed by atoms with Gasteiger partial charge in [0.25, 0.3) is 0 Å². The second kappa shape index (κ2) is 7.14. The lowest BCUT2D eigenvalue weighted by atomic mass is 10.3. The van der Waals surface area contributed by atoms with Crippen molar-refractivity contribution in [2.45, 2.75) is 11.3 Å². The number of benzene rings is 1. The molecule has 2 nitrogen and oxygen atoms in total. The topological polar surface area (TPSA) is 32.3 Å². The molecule has 85 valence electrons. The Morgan fingerprint density at radius 3 is 2.69 bits per heavy atom. The zero-order valence-electron chi connectivity index (χ0n) is 9.31. The van der Waals surface area contributed by atoms with Gasteiger partial charge >= 0.3 is 0 Å². The SMILES string of the molecule is C=CC/C=[C]\C[S+]([O-])c1ccc(OC)cc1. The maximum atomic E-state index is 11.8. The standard InChI is InChI=1S/C13H15O2S/c1-3-4-5-6-11-16(14)13-9-7-12(15-2)8-10-13/h3,5,7-10H,1,4,11H2,2H3. The zero-order valence-corrected chi connectivity index (χ0v) is 10.1. The average molecular weight is 235 g/mol. The zero-order chi connectivity index (χ0) is 11.8. The molecule has 0 aromatic heterocycles. The van der Waals surface area contributed by atoms with E-state index >= 15 is 0 Å². The molecule has 0 N–H and O–H groups in total. The second-order valence-electron chi connectivity index (χ2n) is 3.10. The van der Waals surface area contributed by atoms with Crippen LogP contribution in [0.4, 0.5) is 0 Å². The van der Waals surface area contributed by atoms with Crippen molar-refractivity contribution in [2.24, 2.45) is 0 Å². The number of hydrogen-bond acceptors (Lipinski definition) is 2. The molecule has 0 aliphatic heterocycles. The summed E-state index contributed by atoms with van der Waals surface area (Å²) in [7, 11) is 1.61. The number of rotatable bonds is 6. The van der Waals surface area contributed by atoms with Crippen LogP contribution >= 0.6 is 0 Å². The second-order valence-corrected chi connectivity index (χ2v) is 4.55. The fourth-order valence-corrected chi connectivity index (χ4v) is 1.99. The van der Waals surface area contributed by atoms with Gasteiger partial charge in [-0.05, 0) is 41.9 Å². The van der Waals surface area contributed by atoms with Crippen molar-refractivity contribution in [3.8, 4) is 5.75 Å². The highest BCUT2D eigenvalue weighted by molar-refractivity contribution is 7.91. The summed E-state index contributed by atoms with van der Waals surface area (Å²) in [4.78, 5) is 0.792. The van der Waals surface area contributed by atoms with E-state index in [9.17, 15) is 4.55 Å². The van der Waals surface area contributed by atoms with Gasteiger partial charge in [-0.15, -0.1) is 6.58 Å². The monoisotopic (exact) mass is 235 g/mol. The van der Waals surface area contributed by atoms with Crippen molar-refractivity contribution in [1.29, 1.82) is 0 Å². The molecule has 1 radical (unpaired) electrons. The molecule has 0 fully saturated rings. The smallest absolute Gasteiger partial charge is 0.153 e. The van der Waals surface area contributed by atoms with E-state index in [-0.39, 0.29) is 0 Å². The van der Waals surface area contributed by atoms with E-state index in [0.717, 1.165) is 17.1 Å². The third-order valence-electron chi connectivity index (χ3n) is 1.97. The van der Waals surface area contributed by atoms with E-state index in [4.69, 9.17) is 4.74 Å². The molecule has 3 heteroatoms. The van der Waals surface area contributed by atoms with Crippen molar-refractivity contribution in [2.75, 3.05) is 12.9 Å². The third-order valence-corrected chi connectivity index (χ3v) is 3.19. The van der Waals surface area contributed by atoms with Crippen molar-refractivity contribution in [3.63, 3.8) is 0 Å². The van der Waals surface area contributed by atoms with Gasteiger partial charge in [0.1, 0.15) is 11.5 Å². The molecule has 0 saturated heterocycles. The molecule has 0 saturated carbocycles. The summed E-state index contributed by atoms with van der Waals surface area (Å²) < 4.78 is 16.8. The minimum absolute atomic E-state index is 0.417. The molecule has 1 aromatic rings. The van der Waals surface area contributed by atoms with Crippen molar-refractivity contribution in [3.05, 3.63) is 49.1 Å². The lowest BCUT2D eigenvalue weighted by molar-refractivity contribution is 0.414. The number of ether oxygens (including phenoxy) is 1. The molecule has 0 spiro atoms. The van der Waals surface area contributed by atoms with Gasteiger partial charge < -0.3 is 9.29 Å². The third kappa shape index (κ3) is 4.13. The van der Waals surface area contributed by atoms with Gasteiger partial charge in [-0.2, -0.15) is 0 Å². The van der Waals surface area contributed by atoms with Gasteiger partial charge in [0.2, 0.25) is 0 Å². The quantitative estimate of drug-likeness (QED) is 0.561. The summed E-state index contributed by atoms with van der Waals surface area (Å²) in [6, 6.07) is 7.23. The van der Waals surface area contributed by atoms with Crippen LogP contribution in [-0.4, -0.2) is 17.4 Å². The molecule has 0 aliphatic carbocycles. The first-order chi connectivity index (χ1) is 7.77. The van der Waals surface area contributed by atoms with Crippen LogP contribution in [0.1, 0.15) is 6.42 Å². The number of allylic oxidation sites excluding steroid dienone is 2. The predicted molar refractivity (Wildman–Crippen MR) is 66.9 cm³/mol. The van der Waals surface area contributed by atoms with E-state index in [1.54, 1.807) is 25.3 Å². The summed E-state index contributed by atoms with van der Waals surface area (Å²) >= 11 is -1.03. The lowest BCUT2D eigenvalue weighted by Gasteiger charge is -2.08. The fraction of sp³-hybridized carbons (Fsp3) is 0.231. The van der Waals surface area contributed by atoms with E-state index < -0.39 is 11.2 Å². The van der Waals surface area contributed by atoms with Crippen LogP contribution in [0.2, 0.25) is 0 Å². The Labute approximate surface area is 99.8 Å². The first-order valence-corrected chi connectivity index (χ1v) is 6.28. The van der Waals surface area contributed by atoms with Crippen molar-refractivity contribution in [1.82, 2.24) is 0 Å². The summed E-state index contributed by atoms with van der Waals surface area (Å²) in [6.45, 7) is 3.59. The number of hydrogen-bond donors (Lipinski definition) is 0. The molecular weight excluding hydrogens is 220 g/mol. The van der Waals surface area contributed by atoms with E-state index in [1.165, 1.54) is 0 Å². The Balaban J connectivity index is 2.51. The number of methoxy groups -OCH3 is 1. The van der Waals surface area contributed by atoms with Crippen LogP contribution in [0, 0.1) is 6.08 Å². The Kier molecular flexibility index (Phi) is 5.75. The van der Waals surface area contributed by atoms with Crippen molar-refractivity contribution < 1.29 is 9.29 Å². The summed E-state index contributed by atoms with van der Waals surface area (Å²) in [5, 5.41) is 0. The maximum Gasteiger partial charge on any atom is 0.153 e. The predicted octanol–water partition coefficient (Wildman–Crippen LogP) is 2.74. The average Bonchev–Trinajstić information content (AvgIpc) is 2.34. The van der Waals surface area contributed by atoms with Gasteiger partial charge in [0.05, 0.1) is 7.11 Å². The molecular formula is C13H15O2S. The molecule has 0 aliphatic rings. The molecule has 16 heavy (non-hydrogen) atoms. The Morgan fingerprint density at radius 1 is 1.44 bits per heavy atom. The van der Waals surface area contributed by atoms with Gasteiger partial charge in [0.15, 0.2) is 4.90 Å². The Hall–Kier alpha value is -1.19. The highest BCUT2D eigenvalue weighted by Gasteiger charge is 2.08. The Morgan fingerprint density at radius 2 is 2.12 bits per heavy atom. The van der Waals surface area contributed by atoms with Crippen LogP contribution in [0.15, 0.2) is 47.9 Å². The molecule has 0 bridgehead atoms. The van der Waals surface area contributed by atoms with Crippen LogP contribution in [0.3, 0.4) is 0 Å². The van der Waals surface area contributed by atoms with Crippen molar-refractivity contribution >= 4 is 11.2 Å². The minimum atomic E-state index is -1.03. The minimum Gasteiger partial charge on any atom is -0.611 e. The molecule has 1 unspecified atom stereocenters. The molecule has 0 heterocycles. The molecule has 1 aromatic carbocycles. The van der Waals surface area contributed by atoms with E-state index in [0.29, 0.717) is 5.75 Å². The van der Waals surface area contributed by atoms with E-state index in [1.807, 2.05) is 18.2 Å². The molecule has 1 rings (SSSR count). The summed E-state index contributed by atoms with van der Waals surface area (Å²) in [5.41, 5.74) is 0. The van der Waals surface area contributed by atoms with Gasteiger partial charge in [-0.25, -0.2) is 0 Å². The van der Waals surface area contributed by atoms with Gasteiger partial charge in [-0.3, -0.25) is 0 Å². The van der Waals surface area contributed by atoms with Crippen LogP contribution in [0.25, 0.3) is 0 Å². The summed E-state index contributed by atoms with van der Waals surface area (Å²) in [5.74, 6) is 1.19. The Bertz CT molecular complexity index is 343.